The molecule has 0 radical (unpaired) electrons. The molecule has 2 aromatic heterocycles. The maximum atomic E-state index is 14.1. The van der Waals surface area contributed by atoms with Crippen molar-refractivity contribution in [2.24, 2.45) is 0 Å². The van der Waals surface area contributed by atoms with Crippen LogP contribution in [0, 0.1) is 0 Å². The summed E-state index contributed by atoms with van der Waals surface area (Å²) < 4.78 is 69.6. The van der Waals surface area contributed by atoms with Crippen molar-refractivity contribution >= 4 is 59.5 Å². The van der Waals surface area contributed by atoms with Gasteiger partial charge >= 0.3 is 12.1 Å². The monoisotopic (exact) mass is 565 g/mol. The Morgan fingerprint density at radius 1 is 1.21 bits per heavy atom. The number of hydrogen-bond donors (Lipinski definition) is 2. The van der Waals surface area contributed by atoms with Crippen LogP contribution in [0.25, 0.3) is 21.1 Å². The van der Waals surface area contributed by atoms with Crippen LogP contribution in [0.15, 0.2) is 55.1 Å². The summed E-state index contributed by atoms with van der Waals surface area (Å²) in [6, 6.07) is 8.44. The quantitative estimate of drug-likeness (QED) is 0.257. The second-order valence-corrected chi connectivity index (χ2v) is 11.5. The number of hydrogen-bond acceptors (Lipinski definition) is 6. The molecule has 2 N–H and O–H groups in total. The number of rotatable bonds is 8. The third-order valence-electron chi connectivity index (χ3n) is 5.99. The summed E-state index contributed by atoms with van der Waals surface area (Å²) in [7, 11) is -4.47. The molecule has 200 valence electrons. The lowest BCUT2D eigenvalue weighted by atomic mass is 10.0. The van der Waals surface area contributed by atoms with E-state index in [1.807, 2.05) is 0 Å². The van der Waals surface area contributed by atoms with E-state index in [0.717, 1.165) is 33.5 Å². The molecule has 0 saturated heterocycles. The summed E-state index contributed by atoms with van der Waals surface area (Å²) in [5.74, 6) is -2.92. The van der Waals surface area contributed by atoms with Crippen molar-refractivity contribution < 1.29 is 36.3 Å². The van der Waals surface area contributed by atoms with Gasteiger partial charge in [-0.3, -0.25) is 9.59 Å². The van der Waals surface area contributed by atoms with Crippen LogP contribution in [-0.2, 0) is 25.8 Å². The molecule has 4 rings (SSSR count). The topological polar surface area (TPSA) is 118 Å². The van der Waals surface area contributed by atoms with Gasteiger partial charge in [0.25, 0.3) is 0 Å². The first-order valence-corrected chi connectivity index (χ1v) is 13.6. The van der Waals surface area contributed by atoms with Gasteiger partial charge < -0.3 is 10.4 Å². The van der Waals surface area contributed by atoms with E-state index in [2.05, 4.69) is 16.9 Å². The van der Waals surface area contributed by atoms with Crippen LogP contribution >= 0.6 is 11.3 Å². The van der Waals surface area contributed by atoms with Crippen LogP contribution in [0.5, 0.6) is 0 Å². The highest BCUT2D eigenvalue weighted by atomic mass is 32.2. The number of anilines is 1. The van der Waals surface area contributed by atoms with Crippen LogP contribution < -0.4 is 5.32 Å². The Bertz CT molecular complexity index is 1690. The van der Waals surface area contributed by atoms with E-state index in [4.69, 9.17) is 0 Å². The van der Waals surface area contributed by atoms with Crippen molar-refractivity contribution in [3.05, 3.63) is 71.9 Å². The first-order valence-electron chi connectivity index (χ1n) is 11.3. The average molecular weight is 566 g/mol. The summed E-state index contributed by atoms with van der Waals surface area (Å²) in [6.45, 7) is 6.54. The van der Waals surface area contributed by atoms with Crippen LogP contribution in [0.1, 0.15) is 48.3 Å². The fourth-order valence-electron chi connectivity index (χ4n) is 4.29. The van der Waals surface area contributed by atoms with Crippen LogP contribution in [0.2, 0.25) is 0 Å². The number of halogens is 3. The SMILES string of the molecule is C=CC(c1ccc2nc(NC(C)=O)sc2c1)S(=O)(=O)n1c(C(CC)C(=O)O)cc2cc(C(F)(F)F)ccc21. The second kappa shape index (κ2) is 9.87. The molecular weight excluding hydrogens is 543 g/mol. The first kappa shape index (κ1) is 27.3. The van der Waals surface area contributed by atoms with Gasteiger partial charge in [0.05, 0.1) is 27.2 Å². The van der Waals surface area contributed by atoms with Crippen molar-refractivity contribution in [2.45, 2.75) is 37.6 Å². The lowest BCUT2D eigenvalue weighted by Gasteiger charge is -2.21. The highest BCUT2D eigenvalue weighted by molar-refractivity contribution is 7.90. The molecule has 2 atom stereocenters. The third kappa shape index (κ3) is 4.90. The van der Waals surface area contributed by atoms with E-state index in [-0.39, 0.29) is 34.5 Å². The molecule has 0 aliphatic carbocycles. The number of nitrogens with one attached hydrogen (secondary N) is 1. The van der Waals surface area contributed by atoms with E-state index in [1.165, 1.54) is 25.1 Å². The van der Waals surface area contributed by atoms with E-state index < -0.39 is 38.9 Å². The van der Waals surface area contributed by atoms with Crippen LogP contribution in [0.3, 0.4) is 0 Å². The smallest absolute Gasteiger partial charge is 0.416 e. The molecule has 0 aliphatic heterocycles. The molecule has 13 heteroatoms. The Morgan fingerprint density at radius 2 is 1.92 bits per heavy atom. The Labute approximate surface area is 219 Å². The fraction of sp³-hybridized carbons (Fsp3) is 0.240. The molecule has 2 unspecified atom stereocenters. The molecule has 0 saturated carbocycles. The van der Waals surface area contributed by atoms with Gasteiger partial charge in [-0.05, 0) is 48.4 Å². The maximum absolute atomic E-state index is 14.1. The van der Waals surface area contributed by atoms with E-state index >= 15 is 0 Å². The van der Waals surface area contributed by atoms with Gasteiger partial charge in [0.2, 0.25) is 15.9 Å². The number of carboxylic acids is 1. The minimum absolute atomic E-state index is 0.00477. The normalized spacial score (nSPS) is 13.9. The molecule has 8 nitrogen and oxygen atoms in total. The van der Waals surface area contributed by atoms with Crippen molar-refractivity contribution in [1.82, 2.24) is 8.96 Å². The highest BCUT2D eigenvalue weighted by Gasteiger charge is 2.36. The molecule has 38 heavy (non-hydrogen) atoms. The third-order valence-corrected chi connectivity index (χ3v) is 8.94. The molecular formula is C25H22F3N3O5S2. The number of nitrogens with zero attached hydrogens (tertiary/aromatic N) is 2. The van der Waals surface area contributed by atoms with Gasteiger partial charge in [-0.2, -0.15) is 13.2 Å². The van der Waals surface area contributed by atoms with E-state index in [0.29, 0.717) is 15.3 Å². The predicted octanol–water partition coefficient (Wildman–Crippen LogP) is 5.91. The van der Waals surface area contributed by atoms with Crippen LogP contribution in [0.4, 0.5) is 18.3 Å². The predicted molar refractivity (Wildman–Crippen MR) is 139 cm³/mol. The standard InChI is InChI=1S/C25H22F3N3O5S2/c1-4-17(23(33)34)20-11-15-10-16(25(26,27)28)7-9-19(15)31(20)38(35,36)22(5-2)14-6-8-18-21(12-14)37-24(30-18)29-13(3)32/h5-12,17,22H,2,4H2,1,3H3,(H,33,34)(H,29,30,32). The molecule has 1 amide bonds. The number of carbonyl (C=O) groups is 2. The number of aromatic nitrogens is 2. The zero-order valence-corrected chi connectivity index (χ0v) is 21.7. The van der Waals surface area contributed by atoms with Gasteiger partial charge in [0.15, 0.2) is 5.13 Å². The van der Waals surface area contributed by atoms with Gasteiger partial charge in [-0.25, -0.2) is 17.4 Å². The number of amides is 1. The second-order valence-electron chi connectivity index (χ2n) is 8.53. The van der Waals surface area contributed by atoms with Crippen molar-refractivity contribution in [3.8, 4) is 0 Å². The molecule has 0 fully saturated rings. The minimum Gasteiger partial charge on any atom is -0.481 e. The van der Waals surface area contributed by atoms with Crippen LogP contribution in [-0.4, -0.2) is 34.4 Å². The summed E-state index contributed by atoms with van der Waals surface area (Å²) in [5.41, 5.74) is -0.417. The highest BCUT2D eigenvalue weighted by Crippen LogP contribution is 2.39. The lowest BCUT2D eigenvalue weighted by Crippen LogP contribution is -2.25. The lowest BCUT2D eigenvalue weighted by molar-refractivity contribution is -0.139. The number of alkyl halides is 3. The molecule has 0 spiro atoms. The molecule has 0 bridgehead atoms. The van der Waals surface area contributed by atoms with Gasteiger partial charge in [0.1, 0.15) is 5.25 Å². The van der Waals surface area contributed by atoms with Gasteiger partial charge in [0, 0.05) is 18.0 Å². The number of fused-ring (bicyclic) bond motifs is 2. The summed E-state index contributed by atoms with van der Waals surface area (Å²) in [5, 5.41) is 11.2. The Morgan fingerprint density at radius 3 is 2.50 bits per heavy atom. The molecule has 0 aliphatic rings. The van der Waals surface area contributed by atoms with Crippen molar-refractivity contribution in [2.75, 3.05) is 5.32 Å². The van der Waals surface area contributed by atoms with E-state index in [1.54, 1.807) is 19.1 Å². The summed E-state index contributed by atoms with van der Waals surface area (Å²) >= 11 is 1.13. The van der Waals surface area contributed by atoms with E-state index in [9.17, 15) is 36.3 Å². The maximum Gasteiger partial charge on any atom is 0.416 e. The van der Waals surface area contributed by atoms with Gasteiger partial charge in [-0.1, -0.05) is 30.4 Å². The fourth-order valence-corrected chi connectivity index (χ4v) is 7.13. The Hall–Kier alpha value is -3.71. The summed E-state index contributed by atoms with van der Waals surface area (Å²) in [6.07, 6.45) is -3.49. The van der Waals surface area contributed by atoms with Crippen molar-refractivity contribution in [1.29, 1.82) is 0 Å². The number of thiazole rings is 1. The zero-order valence-electron chi connectivity index (χ0n) is 20.1. The molecule has 2 heterocycles. The zero-order chi connectivity index (χ0) is 28.0. The molecule has 4 aromatic rings. The summed E-state index contributed by atoms with van der Waals surface area (Å²) in [4.78, 5) is 27.7. The van der Waals surface area contributed by atoms with Crippen molar-refractivity contribution in [3.63, 3.8) is 0 Å². The number of carboxylic acid groups (broad SMARTS) is 1. The number of aliphatic carboxylic acids is 1. The largest absolute Gasteiger partial charge is 0.481 e. The Kier molecular flexibility index (Phi) is 7.10. The number of carbonyl (C=O) groups excluding carboxylic acids is 1. The molecule has 2 aromatic carbocycles. The minimum atomic E-state index is -4.67. The first-order chi connectivity index (χ1) is 17.8. The average Bonchev–Trinajstić information content (AvgIpc) is 3.38. The Balaban J connectivity index is 1.92. The number of benzene rings is 2. The van der Waals surface area contributed by atoms with Gasteiger partial charge in [-0.15, -0.1) is 6.58 Å².